The molecule has 1 atom stereocenters. The Bertz CT molecular complexity index is 503. The van der Waals surface area contributed by atoms with Crippen molar-refractivity contribution in [3.05, 3.63) is 34.9 Å². The minimum atomic E-state index is -0.500. The molecule has 1 aromatic carbocycles. The summed E-state index contributed by atoms with van der Waals surface area (Å²) in [5, 5.41) is 0.731. The van der Waals surface area contributed by atoms with Gasteiger partial charge in [0.1, 0.15) is 6.10 Å². The van der Waals surface area contributed by atoms with Gasteiger partial charge >= 0.3 is 0 Å². The lowest BCUT2D eigenvalue weighted by Crippen LogP contribution is -2.44. The lowest BCUT2D eigenvalue weighted by molar-refractivity contribution is -0.132. The second kappa shape index (κ2) is 8.16. The predicted molar refractivity (Wildman–Crippen MR) is 91.4 cm³/mol. The number of methoxy groups -OCH3 is 1. The maximum absolute atomic E-state index is 11.4. The summed E-state index contributed by atoms with van der Waals surface area (Å²) in [6.07, 6.45) is 3.10. The Morgan fingerprint density at radius 1 is 1.45 bits per heavy atom. The van der Waals surface area contributed by atoms with Crippen molar-refractivity contribution < 1.29 is 9.53 Å². The van der Waals surface area contributed by atoms with Crippen LogP contribution < -0.4 is 11.5 Å². The zero-order chi connectivity index (χ0) is 15.5. The molecule has 2 rings (SSSR count). The van der Waals surface area contributed by atoms with Crippen molar-refractivity contribution in [3.63, 3.8) is 0 Å². The number of halogens is 2. The molecule has 0 aliphatic heterocycles. The van der Waals surface area contributed by atoms with E-state index in [1.54, 1.807) is 0 Å². The van der Waals surface area contributed by atoms with E-state index in [1.807, 2.05) is 18.2 Å². The van der Waals surface area contributed by atoms with Crippen LogP contribution in [0, 0.1) is 5.92 Å². The van der Waals surface area contributed by atoms with Crippen molar-refractivity contribution >= 4 is 29.9 Å². The fourth-order valence-electron chi connectivity index (χ4n) is 3.47. The monoisotopic (exact) mass is 346 g/mol. The minimum Gasteiger partial charge on any atom is -0.371 e. The fourth-order valence-corrected chi connectivity index (χ4v) is 3.66. The lowest BCUT2D eigenvalue weighted by Gasteiger charge is -2.41. The number of amides is 1. The number of carbonyl (C=O) groups excluding carboxylic acids is 1. The zero-order valence-corrected chi connectivity index (χ0v) is 14.3. The smallest absolute Gasteiger partial charge is 0.246 e. The van der Waals surface area contributed by atoms with E-state index in [2.05, 4.69) is 6.07 Å². The molecule has 0 aromatic heterocycles. The molecule has 22 heavy (non-hydrogen) atoms. The highest BCUT2D eigenvalue weighted by molar-refractivity contribution is 6.30. The van der Waals surface area contributed by atoms with E-state index in [0.717, 1.165) is 30.7 Å². The third-order valence-electron chi connectivity index (χ3n) is 4.78. The molecule has 124 valence electrons. The Labute approximate surface area is 142 Å². The van der Waals surface area contributed by atoms with E-state index in [0.29, 0.717) is 6.54 Å². The highest BCUT2D eigenvalue weighted by Gasteiger charge is 2.39. The molecular weight excluding hydrogens is 323 g/mol. The Balaban J connectivity index is 0.00000242. The van der Waals surface area contributed by atoms with Gasteiger partial charge in [-0.3, -0.25) is 4.79 Å². The summed E-state index contributed by atoms with van der Waals surface area (Å²) >= 11 is 6.10. The predicted octanol–water partition coefficient (Wildman–Crippen LogP) is 2.65. The normalized spacial score (nSPS) is 26.0. The fraction of sp³-hybridized carbons (Fsp3) is 0.562. The first-order valence-electron chi connectivity index (χ1n) is 7.30. The van der Waals surface area contributed by atoms with Crippen LogP contribution in [0.1, 0.15) is 31.2 Å². The molecular formula is C16H24Cl2N2O2. The molecule has 1 unspecified atom stereocenters. The topological polar surface area (TPSA) is 78.3 Å². The van der Waals surface area contributed by atoms with E-state index in [-0.39, 0.29) is 29.6 Å². The van der Waals surface area contributed by atoms with Gasteiger partial charge < -0.3 is 16.2 Å². The average Bonchev–Trinajstić information content (AvgIpc) is 2.48. The van der Waals surface area contributed by atoms with Crippen LogP contribution in [0.5, 0.6) is 0 Å². The Kier molecular flexibility index (Phi) is 7.13. The van der Waals surface area contributed by atoms with Crippen molar-refractivity contribution in [2.75, 3.05) is 13.7 Å². The van der Waals surface area contributed by atoms with Crippen LogP contribution in [0.15, 0.2) is 24.3 Å². The van der Waals surface area contributed by atoms with Crippen molar-refractivity contribution in [3.8, 4) is 0 Å². The van der Waals surface area contributed by atoms with E-state index in [9.17, 15) is 4.79 Å². The molecule has 0 spiro atoms. The van der Waals surface area contributed by atoms with Gasteiger partial charge in [-0.25, -0.2) is 0 Å². The van der Waals surface area contributed by atoms with Gasteiger partial charge in [0.15, 0.2) is 0 Å². The Morgan fingerprint density at radius 3 is 2.55 bits per heavy atom. The van der Waals surface area contributed by atoms with Crippen LogP contribution in [0.25, 0.3) is 0 Å². The third-order valence-corrected chi connectivity index (χ3v) is 5.01. The molecule has 0 radical (unpaired) electrons. The van der Waals surface area contributed by atoms with Crippen LogP contribution in [-0.4, -0.2) is 25.7 Å². The van der Waals surface area contributed by atoms with Crippen LogP contribution in [-0.2, 0) is 14.9 Å². The number of primary amides is 1. The summed E-state index contributed by atoms with van der Waals surface area (Å²) in [6.45, 7) is 0.578. The first-order chi connectivity index (χ1) is 10.0. The van der Waals surface area contributed by atoms with Crippen LogP contribution >= 0.6 is 24.0 Å². The third kappa shape index (κ3) is 3.93. The first kappa shape index (κ1) is 19.2. The van der Waals surface area contributed by atoms with Crippen LogP contribution in [0.3, 0.4) is 0 Å². The summed E-state index contributed by atoms with van der Waals surface area (Å²) in [5.74, 6) is -0.211. The summed E-state index contributed by atoms with van der Waals surface area (Å²) in [6, 6.07) is 7.91. The number of hydrogen-bond acceptors (Lipinski definition) is 3. The molecule has 1 amide bonds. The minimum absolute atomic E-state index is 0. The van der Waals surface area contributed by atoms with Gasteiger partial charge in [-0.05, 0) is 49.3 Å². The van der Waals surface area contributed by atoms with Gasteiger partial charge in [-0.1, -0.05) is 23.7 Å². The lowest BCUT2D eigenvalue weighted by atomic mass is 9.65. The zero-order valence-electron chi connectivity index (χ0n) is 12.8. The largest absolute Gasteiger partial charge is 0.371 e. The number of nitrogens with two attached hydrogens (primary N) is 2. The summed E-state index contributed by atoms with van der Waals surface area (Å²) in [4.78, 5) is 11.4. The highest BCUT2D eigenvalue weighted by atomic mass is 35.5. The van der Waals surface area contributed by atoms with Gasteiger partial charge in [0, 0.05) is 24.1 Å². The molecule has 0 saturated heterocycles. The summed E-state index contributed by atoms with van der Waals surface area (Å²) in [5.41, 5.74) is 12.6. The molecule has 1 aliphatic carbocycles. The van der Waals surface area contributed by atoms with Crippen molar-refractivity contribution in [2.24, 2.45) is 17.4 Å². The molecule has 4 nitrogen and oxygen atoms in total. The van der Waals surface area contributed by atoms with E-state index in [4.69, 9.17) is 27.8 Å². The molecule has 1 aromatic rings. The summed E-state index contributed by atoms with van der Waals surface area (Å²) in [7, 11) is 1.54. The van der Waals surface area contributed by atoms with Gasteiger partial charge in [0.25, 0.3) is 0 Å². The maximum Gasteiger partial charge on any atom is 0.246 e. The van der Waals surface area contributed by atoms with Crippen LogP contribution in [0.4, 0.5) is 0 Å². The quantitative estimate of drug-likeness (QED) is 0.860. The molecule has 0 heterocycles. The van der Waals surface area contributed by atoms with Crippen molar-refractivity contribution in [2.45, 2.75) is 37.2 Å². The number of hydrogen-bond donors (Lipinski definition) is 2. The SMILES string of the molecule is COC(C(N)=O)C1CCC(CN)(c2cccc(Cl)c2)CC1.Cl. The van der Waals surface area contributed by atoms with Crippen molar-refractivity contribution in [1.82, 2.24) is 0 Å². The number of benzene rings is 1. The van der Waals surface area contributed by atoms with Gasteiger partial charge in [0.2, 0.25) is 5.91 Å². The second-order valence-corrected chi connectivity index (χ2v) is 6.33. The number of rotatable bonds is 5. The molecule has 6 heteroatoms. The maximum atomic E-state index is 11.4. The van der Waals surface area contributed by atoms with Gasteiger partial charge in [0.05, 0.1) is 0 Å². The number of ether oxygens (including phenoxy) is 1. The summed E-state index contributed by atoms with van der Waals surface area (Å²) < 4.78 is 5.25. The van der Waals surface area contributed by atoms with Gasteiger partial charge in [-0.2, -0.15) is 0 Å². The van der Waals surface area contributed by atoms with E-state index < -0.39 is 6.10 Å². The second-order valence-electron chi connectivity index (χ2n) is 5.89. The Hall–Kier alpha value is -0.810. The van der Waals surface area contributed by atoms with E-state index in [1.165, 1.54) is 12.7 Å². The molecule has 0 bridgehead atoms. The van der Waals surface area contributed by atoms with E-state index >= 15 is 0 Å². The van der Waals surface area contributed by atoms with Crippen molar-refractivity contribution in [1.29, 1.82) is 0 Å². The van der Waals surface area contributed by atoms with Crippen LogP contribution in [0.2, 0.25) is 5.02 Å². The highest BCUT2D eigenvalue weighted by Crippen LogP contribution is 2.42. The van der Waals surface area contributed by atoms with Gasteiger partial charge in [-0.15, -0.1) is 12.4 Å². The molecule has 1 aliphatic rings. The molecule has 1 fully saturated rings. The standard InChI is InChI=1S/C16H23ClN2O2.ClH/c1-21-14(15(19)20)11-5-7-16(10-18,8-6-11)12-3-2-4-13(17)9-12;/h2-4,9,11,14H,5-8,10,18H2,1H3,(H2,19,20);1H. The first-order valence-corrected chi connectivity index (χ1v) is 7.68. The average molecular weight is 347 g/mol. The molecule has 4 N–H and O–H groups in total. The molecule has 1 saturated carbocycles. The number of carbonyl (C=O) groups is 1. The Morgan fingerprint density at radius 2 is 2.09 bits per heavy atom.